The third-order valence-corrected chi connectivity index (χ3v) is 3.28. The quantitative estimate of drug-likeness (QED) is 0.771. The average molecular weight is 273 g/mol. The summed E-state index contributed by atoms with van der Waals surface area (Å²) in [6, 6.07) is 12.8. The van der Waals surface area contributed by atoms with Crippen molar-refractivity contribution in [3.63, 3.8) is 0 Å². The standard InChI is InChI=1S/C15H13ClN2O/c1-9-5-6-13-12(18-9)8-14(19-13)15(17)10-3-2-4-11(16)7-10/h2-8,15H,17H2,1H3. The van der Waals surface area contributed by atoms with Gasteiger partial charge < -0.3 is 10.2 Å². The maximum absolute atomic E-state index is 6.21. The third kappa shape index (κ3) is 2.35. The van der Waals surface area contributed by atoms with E-state index < -0.39 is 0 Å². The maximum atomic E-state index is 6.21. The molecule has 19 heavy (non-hydrogen) atoms. The number of aryl methyl sites for hydroxylation is 1. The van der Waals surface area contributed by atoms with E-state index in [2.05, 4.69) is 4.98 Å². The van der Waals surface area contributed by atoms with Gasteiger partial charge in [0.15, 0.2) is 5.58 Å². The number of benzene rings is 1. The Kier molecular flexibility index (Phi) is 3.01. The first-order chi connectivity index (χ1) is 9.13. The van der Waals surface area contributed by atoms with Crippen molar-refractivity contribution in [3.8, 4) is 0 Å². The summed E-state index contributed by atoms with van der Waals surface area (Å²) in [5.41, 5.74) is 9.66. The topological polar surface area (TPSA) is 52.0 Å². The van der Waals surface area contributed by atoms with E-state index in [0.717, 1.165) is 22.4 Å². The highest BCUT2D eigenvalue weighted by Crippen LogP contribution is 2.27. The smallest absolute Gasteiger partial charge is 0.152 e. The van der Waals surface area contributed by atoms with Crippen LogP contribution in [0.15, 0.2) is 46.9 Å². The molecule has 3 aromatic rings. The third-order valence-electron chi connectivity index (χ3n) is 3.05. The van der Waals surface area contributed by atoms with Crippen molar-refractivity contribution in [2.45, 2.75) is 13.0 Å². The Hall–Kier alpha value is -1.84. The molecule has 0 aliphatic heterocycles. The van der Waals surface area contributed by atoms with E-state index in [9.17, 15) is 0 Å². The molecule has 2 aromatic heterocycles. The van der Waals surface area contributed by atoms with Crippen LogP contribution in [0, 0.1) is 6.92 Å². The number of furan rings is 1. The lowest BCUT2D eigenvalue weighted by atomic mass is 10.1. The Morgan fingerprint density at radius 2 is 2.05 bits per heavy atom. The van der Waals surface area contributed by atoms with Crippen LogP contribution in [-0.4, -0.2) is 4.98 Å². The largest absolute Gasteiger partial charge is 0.457 e. The summed E-state index contributed by atoms with van der Waals surface area (Å²) in [4.78, 5) is 4.41. The molecule has 1 aromatic carbocycles. The van der Waals surface area contributed by atoms with Gasteiger partial charge in [-0.3, -0.25) is 0 Å². The van der Waals surface area contributed by atoms with Crippen molar-refractivity contribution in [2.24, 2.45) is 5.73 Å². The minimum atomic E-state index is -0.340. The van der Waals surface area contributed by atoms with E-state index in [1.54, 1.807) is 0 Å². The minimum absolute atomic E-state index is 0.340. The second-order valence-corrected chi connectivity index (χ2v) is 4.95. The number of hydrogen-bond donors (Lipinski definition) is 1. The number of fused-ring (bicyclic) bond motifs is 1. The molecule has 2 N–H and O–H groups in total. The molecule has 3 nitrogen and oxygen atoms in total. The molecule has 1 atom stereocenters. The summed E-state index contributed by atoms with van der Waals surface area (Å²) in [5, 5.41) is 0.665. The number of nitrogens with zero attached hydrogens (tertiary/aromatic N) is 1. The van der Waals surface area contributed by atoms with Gasteiger partial charge in [-0.1, -0.05) is 23.7 Å². The van der Waals surface area contributed by atoms with Gasteiger partial charge in [-0.25, -0.2) is 4.98 Å². The van der Waals surface area contributed by atoms with Gasteiger partial charge >= 0.3 is 0 Å². The molecule has 96 valence electrons. The summed E-state index contributed by atoms with van der Waals surface area (Å²) in [6.45, 7) is 1.95. The molecular weight excluding hydrogens is 260 g/mol. The molecule has 0 spiro atoms. The highest BCUT2D eigenvalue weighted by atomic mass is 35.5. The predicted molar refractivity (Wildman–Crippen MR) is 76.2 cm³/mol. The molecule has 3 rings (SSSR count). The van der Waals surface area contributed by atoms with E-state index in [-0.39, 0.29) is 6.04 Å². The van der Waals surface area contributed by atoms with Crippen LogP contribution in [0.2, 0.25) is 5.02 Å². The Morgan fingerprint density at radius 1 is 1.21 bits per heavy atom. The lowest BCUT2D eigenvalue weighted by molar-refractivity contribution is 0.525. The SMILES string of the molecule is Cc1ccc2oc(C(N)c3cccc(Cl)c3)cc2n1. The normalized spacial score (nSPS) is 12.8. The molecule has 0 amide bonds. The molecule has 0 saturated carbocycles. The van der Waals surface area contributed by atoms with Gasteiger partial charge in [0, 0.05) is 16.8 Å². The zero-order chi connectivity index (χ0) is 13.4. The van der Waals surface area contributed by atoms with Gasteiger partial charge in [-0.2, -0.15) is 0 Å². The Bertz CT molecular complexity index is 736. The Morgan fingerprint density at radius 3 is 2.84 bits per heavy atom. The number of hydrogen-bond acceptors (Lipinski definition) is 3. The first-order valence-electron chi connectivity index (χ1n) is 6.01. The van der Waals surface area contributed by atoms with Crippen LogP contribution in [0.25, 0.3) is 11.1 Å². The van der Waals surface area contributed by atoms with Gasteiger partial charge in [0.2, 0.25) is 0 Å². The lowest BCUT2D eigenvalue weighted by Gasteiger charge is -2.08. The fraction of sp³-hybridized carbons (Fsp3) is 0.133. The van der Waals surface area contributed by atoms with Gasteiger partial charge in [0.25, 0.3) is 0 Å². The Labute approximate surface area is 116 Å². The van der Waals surface area contributed by atoms with Crippen LogP contribution in [-0.2, 0) is 0 Å². The van der Waals surface area contributed by atoms with Crippen molar-refractivity contribution in [3.05, 3.63) is 64.5 Å². The van der Waals surface area contributed by atoms with Crippen molar-refractivity contribution < 1.29 is 4.42 Å². The molecule has 4 heteroatoms. The van der Waals surface area contributed by atoms with Crippen LogP contribution in [0.5, 0.6) is 0 Å². The molecular formula is C15H13ClN2O. The summed E-state index contributed by atoms with van der Waals surface area (Å²) in [5.74, 6) is 0.690. The van der Waals surface area contributed by atoms with Gasteiger partial charge in [-0.05, 0) is 36.8 Å². The first kappa shape index (κ1) is 12.2. The number of rotatable bonds is 2. The number of aromatic nitrogens is 1. The van der Waals surface area contributed by atoms with Crippen LogP contribution >= 0.6 is 11.6 Å². The second kappa shape index (κ2) is 4.68. The summed E-state index contributed by atoms with van der Waals surface area (Å²) < 4.78 is 5.75. The van der Waals surface area contributed by atoms with Crippen molar-refractivity contribution in [2.75, 3.05) is 0 Å². The number of halogens is 1. The lowest BCUT2D eigenvalue weighted by Crippen LogP contribution is -2.10. The first-order valence-corrected chi connectivity index (χ1v) is 6.39. The monoisotopic (exact) mass is 272 g/mol. The fourth-order valence-corrected chi connectivity index (χ4v) is 2.26. The van der Waals surface area contributed by atoms with Crippen molar-refractivity contribution in [1.82, 2.24) is 4.98 Å². The van der Waals surface area contributed by atoms with Gasteiger partial charge in [-0.15, -0.1) is 0 Å². The van der Waals surface area contributed by atoms with E-state index >= 15 is 0 Å². The molecule has 0 aliphatic carbocycles. The van der Waals surface area contributed by atoms with Gasteiger partial charge in [0.05, 0.1) is 6.04 Å². The zero-order valence-corrected chi connectivity index (χ0v) is 11.2. The van der Waals surface area contributed by atoms with Crippen LogP contribution in [0.1, 0.15) is 23.1 Å². The van der Waals surface area contributed by atoms with Crippen molar-refractivity contribution >= 4 is 22.7 Å². The molecule has 0 bridgehead atoms. The predicted octanol–water partition coefficient (Wildman–Crippen LogP) is 3.84. The Balaban J connectivity index is 2.04. The number of pyridine rings is 1. The summed E-state index contributed by atoms with van der Waals surface area (Å²) in [7, 11) is 0. The molecule has 0 saturated heterocycles. The highest BCUT2D eigenvalue weighted by molar-refractivity contribution is 6.30. The molecule has 2 heterocycles. The van der Waals surface area contributed by atoms with E-state index in [1.165, 1.54) is 0 Å². The molecule has 0 fully saturated rings. The van der Waals surface area contributed by atoms with Crippen LogP contribution < -0.4 is 5.73 Å². The second-order valence-electron chi connectivity index (χ2n) is 4.52. The van der Waals surface area contributed by atoms with Crippen LogP contribution in [0.3, 0.4) is 0 Å². The van der Waals surface area contributed by atoms with Crippen molar-refractivity contribution in [1.29, 1.82) is 0 Å². The van der Waals surface area contributed by atoms with E-state index in [0.29, 0.717) is 10.8 Å². The van der Waals surface area contributed by atoms with E-state index in [4.69, 9.17) is 21.8 Å². The van der Waals surface area contributed by atoms with E-state index in [1.807, 2.05) is 49.4 Å². The average Bonchev–Trinajstić information content (AvgIpc) is 2.80. The minimum Gasteiger partial charge on any atom is -0.457 e. The summed E-state index contributed by atoms with van der Waals surface area (Å²) >= 11 is 5.98. The number of nitrogens with two attached hydrogens (primary N) is 1. The zero-order valence-electron chi connectivity index (χ0n) is 10.4. The summed E-state index contributed by atoms with van der Waals surface area (Å²) in [6.07, 6.45) is 0. The maximum Gasteiger partial charge on any atom is 0.152 e. The molecule has 0 radical (unpaired) electrons. The fourth-order valence-electron chi connectivity index (χ4n) is 2.06. The highest BCUT2D eigenvalue weighted by Gasteiger charge is 2.15. The van der Waals surface area contributed by atoms with Crippen LogP contribution in [0.4, 0.5) is 0 Å². The molecule has 0 aliphatic rings. The molecule has 1 unspecified atom stereocenters. The van der Waals surface area contributed by atoms with Gasteiger partial charge in [0.1, 0.15) is 11.3 Å².